The van der Waals surface area contributed by atoms with Crippen LogP contribution in [-0.4, -0.2) is 40.8 Å². The largest absolute Gasteiger partial charge is 0.368 e. The molecule has 28 heavy (non-hydrogen) atoms. The average molecular weight is 432 g/mol. The van der Waals surface area contributed by atoms with Crippen LogP contribution in [0.25, 0.3) is 11.2 Å². The maximum absolute atomic E-state index is 12.3. The lowest BCUT2D eigenvalue weighted by Crippen LogP contribution is -2.46. The van der Waals surface area contributed by atoms with Crippen LogP contribution >= 0.6 is 19.2 Å². The summed E-state index contributed by atoms with van der Waals surface area (Å²) in [5.41, 5.74) is 7.10. The number of fused-ring (bicyclic) bond motifs is 1. The molecule has 0 fully saturated rings. The molecular weight excluding hydrogens is 405 g/mol. The first kappa shape index (κ1) is 22.8. The van der Waals surface area contributed by atoms with E-state index in [2.05, 4.69) is 21.5 Å². The number of rotatable bonds is 8. The minimum Gasteiger partial charge on any atom is -0.368 e. The fourth-order valence-corrected chi connectivity index (χ4v) is 5.30. The predicted molar refractivity (Wildman–Crippen MR) is 109 cm³/mol. The maximum Gasteiger partial charge on any atom is 0.357 e. The summed E-state index contributed by atoms with van der Waals surface area (Å²) in [7, 11) is -4.57. The van der Waals surface area contributed by atoms with Gasteiger partial charge in [-0.1, -0.05) is 45.9 Å². The number of nitrogen functional groups attached to an aromatic ring is 1. The summed E-state index contributed by atoms with van der Waals surface area (Å²) in [5.74, 6) is -0.803. The lowest BCUT2D eigenvalue weighted by atomic mass is 9.94. The van der Waals surface area contributed by atoms with E-state index in [1.807, 2.05) is 0 Å². The zero-order chi connectivity index (χ0) is 21.4. The zero-order valence-electron chi connectivity index (χ0n) is 16.6. The van der Waals surface area contributed by atoms with Crippen molar-refractivity contribution in [3.63, 3.8) is 0 Å². The Kier molecular flexibility index (Phi) is 6.57. The van der Waals surface area contributed by atoms with Crippen LogP contribution in [0.15, 0.2) is 18.5 Å². The number of hydrogen-bond acceptors (Lipinski definition) is 6. The molecule has 2 aromatic heterocycles. The van der Waals surface area contributed by atoms with Crippen LogP contribution in [0.4, 0.5) is 5.95 Å². The van der Waals surface area contributed by atoms with Gasteiger partial charge < -0.3 is 24.8 Å². The molecule has 2 aromatic rings. The van der Waals surface area contributed by atoms with E-state index in [1.54, 1.807) is 39.2 Å². The smallest absolute Gasteiger partial charge is 0.357 e. The summed E-state index contributed by atoms with van der Waals surface area (Å²) in [4.78, 5) is 32.3. The molecular formula is C17H27ClN5O4P. The quantitative estimate of drug-likeness (QED) is 0.329. The highest BCUT2D eigenvalue weighted by Gasteiger charge is 2.54. The molecule has 4 N–H and O–H groups in total. The molecule has 2 heterocycles. The molecule has 0 aromatic carbocycles. The molecule has 0 bridgehead atoms. The molecule has 1 atom stereocenters. The Labute approximate surface area is 169 Å². The van der Waals surface area contributed by atoms with Gasteiger partial charge in [0, 0.05) is 6.54 Å². The van der Waals surface area contributed by atoms with Crippen LogP contribution in [-0.2, 0) is 15.8 Å². The number of ether oxygens (including phenoxy) is 1. The molecule has 0 amide bonds. The fraction of sp³-hybridized carbons (Fsp3) is 0.588. The van der Waals surface area contributed by atoms with E-state index in [-0.39, 0.29) is 17.6 Å². The van der Waals surface area contributed by atoms with Gasteiger partial charge in [-0.3, -0.25) is 4.57 Å². The Balaban J connectivity index is 2.31. The number of imidazole rings is 1. The third kappa shape index (κ3) is 4.09. The van der Waals surface area contributed by atoms with Crippen LogP contribution in [0.5, 0.6) is 0 Å². The standard InChI is InChI=1S/C17H27ClN5O4P/c1-9(2)17(10(3)4,28(24,25)26)27-12(6)11(5)7-23-8-20-13-14(18)21-16(19)22-15(13)23/h8-10,12H,5,7H2,1-4,6H3,(H2,19,21,22)(H2,24,25,26)/t12-/m1/s1. The summed E-state index contributed by atoms with van der Waals surface area (Å²) in [5, 5.41) is -1.47. The number of nitrogens with two attached hydrogens (primary N) is 1. The maximum atomic E-state index is 12.3. The third-order valence-corrected chi connectivity index (χ3v) is 7.17. The number of aromatic nitrogens is 4. The van der Waals surface area contributed by atoms with Crippen molar-refractivity contribution in [2.75, 3.05) is 5.73 Å². The monoisotopic (exact) mass is 431 g/mol. The Morgan fingerprint density at radius 3 is 2.39 bits per heavy atom. The van der Waals surface area contributed by atoms with Gasteiger partial charge in [-0.15, -0.1) is 0 Å². The van der Waals surface area contributed by atoms with E-state index in [1.165, 1.54) is 6.33 Å². The van der Waals surface area contributed by atoms with Gasteiger partial charge in [0.1, 0.15) is 5.52 Å². The molecule has 11 heteroatoms. The number of nitrogens with zero attached hydrogens (tertiary/aromatic N) is 4. The highest BCUT2D eigenvalue weighted by molar-refractivity contribution is 7.53. The van der Waals surface area contributed by atoms with Gasteiger partial charge in [0.2, 0.25) is 5.95 Å². The molecule has 0 aliphatic rings. The van der Waals surface area contributed by atoms with Crippen molar-refractivity contribution >= 4 is 36.3 Å². The van der Waals surface area contributed by atoms with Crippen LogP contribution in [0.2, 0.25) is 5.15 Å². The Bertz CT molecular complexity index is 916. The first-order valence-corrected chi connectivity index (χ1v) is 10.8. The van der Waals surface area contributed by atoms with Gasteiger partial charge in [0.15, 0.2) is 16.1 Å². The summed E-state index contributed by atoms with van der Waals surface area (Å²) in [6, 6.07) is 0. The number of halogens is 1. The molecule has 0 aliphatic carbocycles. The number of anilines is 1. The van der Waals surface area contributed by atoms with Gasteiger partial charge in [-0.05, 0) is 24.3 Å². The van der Waals surface area contributed by atoms with E-state index in [0.717, 1.165) is 0 Å². The SMILES string of the molecule is C=C(Cn1cnc2c(Cl)nc(N)nc21)[C@@H](C)OC(C(C)C)(C(C)C)P(=O)(O)O. The van der Waals surface area contributed by atoms with Crippen molar-refractivity contribution in [1.29, 1.82) is 0 Å². The second kappa shape index (κ2) is 8.08. The molecule has 9 nitrogen and oxygen atoms in total. The zero-order valence-corrected chi connectivity index (χ0v) is 18.3. The minimum absolute atomic E-state index is 0.0225. The molecule has 2 rings (SSSR count). The van der Waals surface area contributed by atoms with E-state index in [4.69, 9.17) is 22.1 Å². The van der Waals surface area contributed by atoms with Crippen molar-refractivity contribution in [1.82, 2.24) is 19.5 Å². The molecule has 0 saturated carbocycles. The van der Waals surface area contributed by atoms with Crippen molar-refractivity contribution < 1.29 is 19.1 Å². The van der Waals surface area contributed by atoms with Gasteiger partial charge in [-0.2, -0.15) is 9.97 Å². The molecule has 0 spiro atoms. The Morgan fingerprint density at radius 2 is 1.89 bits per heavy atom. The van der Waals surface area contributed by atoms with Crippen molar-refractivity contribution in [3.05, 3.63) is 23.6 Å². The predicted octanol–water partition coefficient (Wildman–Crippen LogP) is 3.21. The highest BCUT2D eigenvalue weighted by atomic mass is 35.5. The van der Waals surface area contributed by atoms with Crippen LogP contribution in [0, 0.1) is 11.8 Å². The third-order valence-electron chi connectivity index (χ3n) is 4.86. The van der Waals surface area contributed by atoms with E-state index in [9.17, 15) is 14.4 Å². The first-order chi connectivity index (χ1) is 12.8. The van der Waals surface area contributed by atoms with Crippen LogP contribution in [0.3, 0.4) is 0 Å². The fourth-order valence-electron chi connectivity index (χ4n) is 3.44. The highest BCUT2D eigenvalue weighted by Crippen LogP contribution is 2.59. The van der Waals surface area contributed by atoms with Crippen LogP contribution < -0.4 is 5.73 Å². The minimum atomic E-state index is -4.57. The second-order valence-electron chi connectivity index (χ2n) is 7.44. The molecule has 0 unspecified atom stereocenters. The lowest BCUT2D eigenvalue weighted by Gasteiger charge is -2.43. The molecule has 0 saturated heterocycles. The van der Waals surface area contributed by atoms with Crippen molar-refractivity contribution in [2.45, 2.75) is 52.6 Å². The summed E-state index contributed by atoms with van der Waals surface area (Å²) >= 11 is 6.04. The Morgan fingerprint density at radius 1 is 1.32 bits per heavy atom. The summed E-state index contributed by atoms with van der Waals surface area (Å²) < 4.78 is 20.0. The van der Waals surface area contributed by atoms with Gasteiger partial charge in [0.05, 0.1) is 12.4 Å². The van der Waals surface area contributed by atoms with E-state index < -0.39 is 30.9 Å². The lowest BCUT2D eigenvalue weighted by molar-refractivity contribution is -0.0871. The van der Waals surface area contributed by atoms with Crippen molar-refractivity contribution in [3.8, 4) is 0 Å². The molecule has 156 valence electrons. The summed E-state index contributed by atoms with van der Waals surface area (Å²) in [6.07, 6.45) is 0.897. The topological polar surface area (TPSA) is 136 Å². The van der Waals surface area contributed by atoms with Gasteiger partial charge >= 0.3 is 7.60 Å². The molecule has 0 aliphatic heterocycles. The van der Waals surface area contributed by atoms with Gasteiger partial charge in [0.25, 0.3) is 0 Å². The summed E-state index contributed by atoms with van der Waals surface area (Å²) in [6.45, 7) is 13.0. The van der Waals surface area contributed by atoms with E-state index >= 15 is 0 Å². The average Bonchev–Trinajstić information content (AvgIpc) is 2.93. The Hall–Kier alpha value is -1.51. The molecule has 0 radical (unpaired) electrons. The van der Waals surface area contributed by atoms with E-state index in [0.29, 0.717) is 16.7 Å². The first-order valence-electron chi connectivity index (χ1n) is 8.86. The van der Waals surface area contributed by atoms with Gasteiger partial charge in [-0.25, -0.2) is 4.98 Å². The van der Waals surface area contributed by atoms with Crippen LogP contribution in [0.1, 0.15) is 34.6 Å². The van der Waals surface area contributed by atoms with Crippen molar-refractivity contribution in [2.24, 2.45) is 11.8 Å². The number of hydrogen-bond donors (Lipinski definition) is 3. The normalized spacial score (nSPS) is 14.2. The second-order valence-corrected chi connectivity index (χ2v) is 9.59.